The van der Waals surface area contributed by atoms with Gasteiger partial charge in [0.25, 0.3) is 5.60 Å². The van der Waals surface area contributed by atoms with Gasteiger partial charge in [0.2, 0.25) is 0 Å². The van der Waals surface area contributed by atoms with Crippen molar-refractivity contribution in [1.29, 1.82) is 0 Å². The van der Waals surface area contributed by atoms with Crippen LogP contribution in [0.15, 0.2) is 30.3 Å². The highest BCUT2D eigenvalue weighted by Crippen LogP contribution is 2.44. The number of aryl methyl sites for hydroxylation is 1. The second-order valence-electron chi connectivity index (χ2n) is 4.79. The highest BCUT2D eigenvalue weighted by molar-refractivity contribution is 5.84. The molecule has 0 aliphatic heterocycles. The first-order valence-corrected chi connectivity index (χ1v) is 6.43. The Morgan fingerprint density at radius 1 is 1.30 bits per heavy atom. The van der Waals surface area contributed by atoms with E-state index in [1.807, 2.05) is 0 Å². The fourth-order valence-electron chi connectivity index (χ4n) is 2.27. The van der Waals surface area contributed by atoms with Crippen molar-refractivity contribution in [2.24, 2.45) is 0 Å². The molecule has 23 heavy (non-hydrogen) atoms. The lowest BCUT2D eigenvalue weighted by atomic mass is 9.92. The summed E-state index contributed by atoms with van der Waals surface area (Å²) >= 11 is 0. The molecule has 0 bridgehead atoms. The molecule has 1 atom stereocenters. The molecule has 0 radical (unpaired) electrons. The zero-order chi connectivity index (χ0) is 17.4. The normalized spacial score (nSPS) is 14.3. The van der Waals surface area contributed by atoms with Gasteiger partial charge in [-0.15, -0.1) is 0 Å². The quantitative estimate of drug-likeness (QED) is 0.836. The molecule has 9 heteroatoms. The van der Waals surface area contributed by atoms with Crippen molar-refractivity contribution < 1.29 is 27.8 Å². The van der Waals surface area contributed by atoms with Crippen molar-refractivity contribution >= 4 is 11.8 Å². The highest BCUT2D eigenvalue weighted by atomic mass is 19.4. The number of carbonyl (C=O) groups is 1. The van der Waals surface area contributed by atoms with Gasteiger partial charge in [0.15, 0.2) is 0 Å². The number of hydrogen-bond acceptors (Lipinski definition) is 5. The van der Waals surface area contributed by atoms with Gasteiger partial charge in [-0.2, -0.15) is 18.3 Å². The van der Waals surface area contributed by atoms with Crippen LogP contribution in [0, 0.1) is 6.92 Å². The molecule has 0 aliphatic carbocycles. The number of nitrogens with two attached hydrogens (primary N) is 1. The van der Waals surface area contributed by atoms with E-state index in [4.69, 9.17) is 5.73 Å². The van der Waals surface area contributed by atoms with Gasteiger partial charge in [0, 0.05) is 0 Å². The Balaban J connectivity index is 2.72. The number of hydrogen-bond donors (Lipinski definition) is 2. The van der Waals surface area contributed by atoms with Crippen LogP contribution in [0.4, 0.5) is 19.0 Å². The number of carbonyl (C=O) groups excluding carboxylic acids is 1. The van der Waals surface area contributed by atoms with Crippen LogP contribution < -0.4 is 5.73 Å². The number of alkyl halides is 3. The predicted molar refractivity (Wildman–Crippen MR) is 74.7 cm³/mol. The van der Waals surface area contributed by atoms with Crippen LogP contribution in [0.1, 0.15) is 11.3 Å². The van der Waals surface area contributed by atoms with Gasteiger partial charge in [0.05, 0.1) is 24.1 Å². The standard InChI is InChI=1S/C14H14F3N3O3/c1-8-10(13(22,12(21)23-2)14(15,16)17)11(18)20(19-8)9-6-4-3-5-7-9/h3-7,22H,18H2,1-2H3. The summed E-state index contributed by atoms with van der Waals surface area (Å²) in [5, 5.41) is 14.0. The van der Waals surface area contributed by atoms with Crippen LogP contribution in [0.3, 0.4) is 0 Å². The Morgan fingerprint density at radius 3 is 2.35 bits per heavy atom. The Kier molecular flexibility index (Phi) is 4.08. The lowest BCUT2D eigenvalue weighted by Gasteiger charge is -2.27. The van der Waals surface area contributed by atoms with Crippen molar-refractivity contribution in [2.75, 3.05) is 12.8 Å². The van der Waals surface area contributed by atoms with Crippen LogP contribution in [0.25, 0.3) is 5.69 Å². The van der Waals surface area contributed by atoms with E-state index < -0.39 is 29.1 Å². The van der Waals surface area contributed by atoms with Crippen LogP contribution in [-0.4, -0.2) is 34.1 Å². The number of rotatable bonds is 3. The summed E-state index contributed by atoms with van der Waals surface area (Å²) in [6, 6.07) is 8.12. The first-order chi connectivity index (χ1) is 10.6. The first-order valence-electron chi connectivity index (χ1n) is 6.43. The molecular weight excluding hydrogens is 315 g/mol. The molecule has 0 saturated carbocycles. The number of methoxy groups -OCH3 is 1. The molecule has 2 aromatic rings. The molecule has 1 heterocycles. The van der Waals surface area contributed by atoms with Crippen molar-refractivity contribution in [2.45, 2.75) is 18.7 Å². The van der Waals surface area contributed by atoms with Crippen molar-refractivity contribution in [3.8, 4) is 5.69 Å². The number of ether oxygens (including phenoxy) is 1. The molecule has 3 N–H and O–H groups in total. The van der Waals surface area contributed by atoms with E-state index in [9.17, 15) is 23.1 Å². The lowest BCUT2D eigenvalue weighted by molar-refractivity contribution is -0.266. The molecule has 0 aliphatic rings. The third kappa shape index (κ3) is 2.52. The van der Waals surface area contributed by atoms with E-state index in [0.29, 0.717) is 5.69 Å². The van der Waals surface area contributed by atoms with E-state index in [0.717, 1.165) is 11.8 Å². The van der Waals surface area contributed by atoms with E-state index in [-0.39, 0.29) is 5.69 Å². The summed E-state index contributed by atoms with van der Waals surface area (Å²) in [7, 11) is 0.742. The molecule has 6 nitrogen and oxygen atoms in total. The summed E-state index contributed by atoms with van der Waals surface area (Å²) in [4.78, 5) is 11.6. The van der Waals surface area contributed by atoms with Crippen LogP contribution in [-0.2, 0) is 15.1 Å². The second-order valence-corrected chi connectivity index (χ2v) is 4.79. The highest BCUT2D eigenvalue weighted by Gasteiger charge is 2.64. The number of aliphatic hydroxyl groups is 1. The maximum atomic E-state index is 13.4. The molecule has 124 valence electrons. The average molecular weight is 329 g/mol. The van der Waals surface area contributed by atoms with Gasteiger partial charge >= 0.3 is 12.1 Å². The maximum absolute atomic E-state index is 13.4. The van der Waals surface area contributed by atoms with Gasteiger partial charge in [-0.3, -0.25) is 0 Å². The van der Waals surface area contributed by atoms with E-state index >= 15 is 0 Å². The minimum Gasteiger partial charge on any atom is -0.466 e. The van der Waals surface area contributed by atoms with E-state index in [1.54, 1.807) is 30.3 Å². The average Bonchev–Trinajstić information content (AvgIpc) is 2.80. The topological polar surface area (TPSA) is 90.4 Å². The van der Waals surface area contributed by atoms with Gasteiger partial charge in [-0.05, 0) is 19.1 Å². The Hall–Kier alpha value is -2.55. The number of para-hydroxylation sites is 1. The smallest absolute Gasteiger partial charge is 0.432 e. The SMILES string of the molecule is COC(=O)C(O)(c1c(C)nn(-c2ccccc2)c1N)C(F)(F)F. The second kappa shape index (κ2) is 5.58. The largest absolute Gasteiger partial charge is 0.466 e. The van der Waals surface area contributed by atoms with Gasteiger partial charge in [0.1, 0.15) is 5.82 Å². The van der Waals surface area contributed by atoms with Crippen molar-refractivity contribution in [3.05, 3.63) is 41.6 Å². The Bertz CT molecular complexity index is 728. The molecule has 0 amide bonds. The number of benzene rings is 1. The zero-order valence-electron chi connectivity index (χ0n) is 12.3. The fourth-order valence-corrected chi connectivity index (χ4v) is 2.27. The number of halogens is 3. The minimum atomic E-state index is -5.33. The van der Waals surface area contributed by atoms with Crippen molar-refractivity contribution in [1.82, 2.24) is 9.78 Å². The molecule has 2 rings (SSSR count). The number of esters is 1. The fraction of sp³-hybridized carbons (Fsp3) is 0.286. The molecule has 0 spiro atoms. The Morgan fingerprint density at radius 2 is 1.87 bits per heavy atom. The molecule has 1 aromatic carbocycles. The van der Waals surface area contributed by atoms with E-state index in [1.165, 1.54) is 6.92 Å². The van der Waals surface area contributed by atoms with Gasteiger partial charge in [-0.1, -0.05) is 18.2 Å². The summed E-state index contributed by atoms with van der Waals surface area (Å²) in [5.74, 6) is -2.38. The van der Waals surface area contributed by atoms with Crippen LogP contribution in [0.2, 0.25) is 0 Å². The predicted octanol–water partition coefficient (Wildman–Crippen LogP) is 1.69. The number of nitrogens with zero attached hydrogens (tertiary/aromatic N) is 2. The summed E-state index contributed by atoms with van der Waals surface area (Å²) in [6.45, 7) is 1.21. The molecule has 0 fully saturated rings. The molecule has 1 aromatic heterocycles. The third-order valence-electron chi connectivity index (χ3n) is 3.35. The monoisotopic (exact) mass is 329 g/mol. The van der Waals surface area contributed by atoms with Crippen LogP contribution >= 0.6 is 0 Å². The molecular formula is C14H14F3N3O3. The van der Waals surface area contributed by atoms with Crippen molar-refractivity contribution in [3.63, 3.8) is 0 Å². The van der Waals surface area contributed by atoms with E-state index in [2.05, 4.69) is 9.84 Å². The third-order valence-corrected chi connectivity index (χ3v) is 3.35. The summed E-state index contributed by atoms with van der Waals surface area (Å²) in [6.07, 6.45) is -5.33. The summed E-state index contributed by atoms with van der Waals surface area (Å²) < 4.78 is 45.2. The first kappa shape index (κ1) is 16.8. The lowest BCUT2D eigenvalue weighted by Crippen LogP contribution is -2.50. The zero-order valence-corrected chi connectivity index (χ0v) is 12.3. The number of anilines is 1. The summed E-state index contributed by atoms with van der Waals surface area (Å²) in [5.41, 5.74) is 1.14. The minimum absolute atomic E-state index is 0.239. The maximum Gasteiger partial charge on any atom is 0.432 e. The van der Waals surface area contributed by atoms with Gasteiger partial charge in [-0.25, -0.2) is 9.48 Å². The molecule has 0 saturated heterocycles. The Labute approximate surface area is 129 Å². The number of nitrogen functional groups attached to an aromatic ring is 1. The van der Waals surface area contributed by atoms with Gasteiger partial charge < -0.3 is 15.6 Å². The molecule has 1 unspecified atom stereocenters. The van der Waals surface area contributed by atoms with Crippen LogP contribution in [0.5, 0.6) is 0 Å². The number of aromatic nitrogens is 2.